The summed E-state index contributed by atoms with van der Waals surface area (Å²) in [5.41, 5.74) is 3.36. The minimum Gasteiger partial charge on any atom is -0.497 e. The molecule has 1 atom stereocenters. The number of piperidine rings is 1. The van der Waals surface area contributed by atoms with Gasteiger partial charge in [0.2, 0.25) is 0 Å². The third kappa shape index (κ3) is 5.13. The van der Waals surface area contributed by atoms with Crippen molar-refractivity contribution in [3.63, 3.8) is 0 Å². The predicted octanol–water partition coefficient (Wildman–Crippen LogP) is 4.08. The van der Waals surface area contributed by atoms with E-state index >= 15 is 0 Å². The van der Waals surface area contributed by atoms with Gasteiger partial charge in [-0.3, -0.25) is 4.90 Å². The Labute approximate surface area is 185 Å². The molecule has 2 aromatic carbocycles. The smallest absolute Gasteiger partial charge is 0.321 e. The molecule has 0 radical (unpaired) electrons. The van der Waals surface area contributed by atoms with Crippen molar-refractivity contribution in [1.82, 2.24) is 9.80 Å². The van der Waals surface area contributed by atoms with Crippen LogP contribution in [0.15, 0.2) is 48.5 Å². The zero-order chi connectivity index (χ0) is 21.6. The third-order valence-electron chi connectivity index (χ3n) is 6.59. The van der Waals surface area contributed by atoms with E-state index in [4.69, 9.17) is 4.74 Å². The molecule has 0 bridgehead atoms. The van der Waals surface area contributed by atoms with Gasteiger partial charge in [0, 0.05) is 56.7 Å². The Kier molecular flexibility index (Phi) is 6.97. The third-order valence-corrected chi connectivity index (χ3v) is 6.59. The number of para-hydroxylation sites is 1. The number of carbonyl (C=O) groups is 1. The van der Waals surface area contributed by atoms with Crippen molar-refractivity contribution >= 4 is 17.4 Å². The molecule has 6 heteroatoms. The first kappa shape index (κ1) is 21.5. The molecule has 31 heavy (non-hydrogen) atoms. The van der Waals surface area contributed by atoms with Crippen molar-refractivity contribution in [3.05, 3.63) is 54.1 Å². The molecule has 0 aromatic heterocycles. The van der Waals surface area contributed by atoms with Crippen molar-refractivity contribution in [2.75, 3.05) is 56.6 Å². The molecule has 1 N–H and O–H groups in total. The summed E-state index contributed by atoms with van der Waals surface area (Å²) in [4.78, 5) is 19.9. The number of hydrogen-bond acceptors (Lipinski definition) is 4. The lowest BCUT2D eigenvalue weighted by atomic mass is 10.0. The summed E-state index contributed by atoms with van der Waals surface area (Å²) in [7, 11) is 1.70. The van der Waals surface area contributed by atoms with Gasteiger partial charge in [-0.15, -0.1) is 0 Å². The molecule has 6 nitrogen and oxygen atoms in total. The molecule has 0 unspecified atom stereocenters. The molecule has 2 aliphatic heterocycles. The Balaban J connectivity index is 1.31. The van der Waals surface area contributed by atoms with Crippen molar-refractivity contribution in [2.45, 2.75) is 32.2 Å². The summed E-state index contributed by atoms with van der Waals surface area (Å²) in [6.45, 7) is 7.85. The SMILES string of the molecule is CCc1ccccc1NC(=O)N1CCC[C@@H](N2CCN(c3ccc(OC)cc3)CC2)C1. The number of amides is 2. The second kappa shape index (κ2) is 10.1. The number of likely N-dealkylation sites (tertiary alicyclic amines) is 1. The number of benzene rings is 2. The summed E-state index contributed by atoms with van der Waals surface area (Å²) < 4.78 is 5.27. The van der Waals surface area contributed by atoms with Gasteiger partial charge in [0.05, 0.1) is 7.11 Å². The van der Waals surface area contributed by atoms with E-state index < -0.39 is 0 Å². The molecule has 2 saturated heterocycles. The van der Waals surface area contributed by atoms with Gasteiger partial charge in [0.25, 0.3) is 0 Å². The van der Waals surface area contributed by atoms with Gasteiger partial charge in [0.1, 0.15) is 5.75 Å². The van der Waals surface area contributed by atoms with Crippen LogP contribution in [0.3, 0.4) is 0 Å². The lowest BCUT2D eigenvalue weighted by Gasteiger charge is -2.44. The van der Waals surface area contributed by atoms with E-state index in [2.05, 4.69) is 40.2 Å². The molecule has 0 aliphatic carbocycles. The summed E-state index contributed by atoms with van der Waals surface area (Å²) in [5, 5.41) is 3.14. The minimum absolute atomic E-state index is 0.0301. The fourth-order valence-electron chi connectivity index (χ4n) is 4.72. The second-order valence-electron chi connectivity index (χ2n) is 8.40. The average Bonchev–Trinajstić information content (AvgIpc) is 2.84. The molecule has 2 fully saturated rings. The monoisotopic (exact) mass is 422 g/mol. The number of nitrogens with zero attached hydrogens (tertiary/aromatic N) is 3. The van der Waals surface area contributed by atoms with Crippen LogP contribution in [-0.2, 0) is 6.42 Å². The van der Waals surface area contributed by atoms with Crippen LogP contribution in [0.25, 0.3) is 0 Å². The van der Waals surface area contributed by atoms with Crippen LogP contribution < -0.4 is 15.0 Å². The zero-order valence-electron chi connectivity index (χ0n) is 18.7. The maximum Gasteiger partial charge on any atom is 0.321 e. The summed E-state index contributed by atoms with van der Waals surface area (Å²) >= 11 is 0. The zero-order valence-corrected chi connectivity index (χ0v) is 18.7. The van der Waals surface area contributed by atoms with E-state index in [1.807, 2.05) is 35.2 Å². The van der Waals surface area contributed by atoms with E-state index in [0.29, 0.717) is 6.04 Å². The van der Waals surface area contributed by atoms with Crippen LogP contribution in [-0.4, -0.2) is 68.3 Å². The fourth-order valence-corrected chi connectivity index (χ4v) is 4.72. The Bertz CT molecular complexity index is 862. The predicted molar refractivity (Wildman–Crippen MR) is 126 cm³/mol. The minimum atomic E-state index is 0.0301. The number of methoxy groups -OCH3 is 1. The number of rotatable bonds is 5. The molecule has 2 amide bonds. The molecule has 4 rings (SSSR count). The molecule has 0 saturated carbocycles. The Morgan fingerprint density at radius 2 is 1.77 bits per heavy atom. The van der Waals surface area contributed by atoms with E-state index in [-0.39, 0.29) is 6.03 Å². The fraction of sp³-hybridized carbons (Fsp3) is 0.480. The largest absolute Gasteiger partial charge is 0.497 e. The first-order valence-electron chi connectivity index (χ1n) is 11.4. The standard InChI is InChI=1S/C25H34N4O2/c1-3-20-7-4-5-9-24(20)26-25(30)29-14-6-8-22(19-29)28-17-15-27(16-18-28)21-10-12-23(31-2)13-11-21/h4-5,7,9-13,22H,3,6,8,14-19H2,1-2H3,(H,26,30)/t22-/m1/s1. The van der Waals surface area contributed by atoms with Crippen LogP contribution in [0.2, 0.25) is 0 Å². The topological polar surface area (TPSA) is 48.1 Å². The quantitative estimate of drug-likeness (QED) is 0.789. The lowest BCUT2D eigenvalue weighted by Crippen LogP contribution is -2.56. The van der Waals surface area contributed by atoms with Crippen LogP contribution in [0.5, 0.6) is 5.75 Å². The Morgan fingerprint density at radius 1 is 1.03 bits per heavy atom. The molecule has 2 aromatic rings. The van der Waals surface area contributed by atoms with Crippen molar-refractivity contribution in [1.29, 1.82) is 0 Å². The van der Waals surface area contributed by atoms with Gasteiger partial charge >= 0.3 is 6.03 Å². The highest BCUT2D eigenvalue weighted by Crippen LogP contribution is 2.24. The molecule has 166 valence electrons. The Hall–Kier alpha value is -2.73. The maximum absolute atomic E-state index is 12.9. The number of nitrogens with one attached hydrogen (secondary N) is 1. The molecule has 0 spiro atoms. The number of carbonyl (C=O) groups excluding carboxylic acids is 1. The van der Waals surface area contributed by atoms with Crippen LogP contribution in [0, 0.1) is 0 Å². The van der Waals surface area contributed by atoms with E-state index in [1.165, 1.54) is 11.3 Å². The number of aryl methyl sites for hydroxylation is 1. The molecule has 2 aliphatic rings. The second-order valence-corrected chi connectivity index (χ2v) is 8.40. The summed E-state index contributed by atoms with van der Waals surface area (Å²) in [6.07, 6.45) is 3.14. The van der Waals surface area contributed by atoms with Crippen molar-refractivity contribution in [3.8, 4) is 5.75 Å². The van der Waals surface area contributed by atoms with Gasteiger partial charge < -0.3 is 19.9 Å². The number of hydrogen-bond donors (Lipinski definition) is 1. The molecular formula is C25H34N4O2. The molecular weight excluding hydrogens is 388 g/mol. The number of anilines is 2. The van der Waals surface area contributed by atoms with E-state index in [1.54, 1.807) is 7.11 Å². The van der Waals surface area contributed by atoms with Gasteiger partial charge in [-0.05, 0) is 55.2 Å². The highest BCUT2D eigenvalue weighted by atomic mass is 16.5. The van der Waals surface area contributed by atoms with Crippen LogP contribution >= 0.6 is 0 Å². The van der Waals surface area contributed by atoms with E-state index in [9.17, 15) is 4.79 Å². The number of urea groups is 1. The first-order chi connectivity index (χ1) is 15.2. The lowest BCUT2D eigenvalue weighted by molar-refractivity contribution is 0.108. The number of piperazine rings is 1. The van der Waals surface area contributed by atoms with E-state index in [0.717, 1.165) is 70.0 Å². The normalized spacial score (nSPS) is 19.9. The molecule has 2 heterocycles. The number of ether oxygens (including phenoxy) is 1. The Morgan fingerprint density at radius 3 is 2.48 bits per heavy atom. The van der Waals surface area contributed by atoms with Crippen LogP contribution in [0.1, 0.15) is 25.3 Å². The van der Waals surface area contributed by atoms with Crippen LogP contribution in [0.4, 0.5) is 16.2 Å². The van der Waals surface area contributed by atoms with Gasteiger partial charge in [0.15, 0.2) is 0 Å². The highest BCUT2D eigenvalue weighted by molar-refractivity contribution is 5.90. The maximum atomic E-state index is 12.9. The van der Waals surface area contributed by atoms with Gasteiger partial charge in [-0.1, -0.05) is 25.1 Å². The highest BCUT2D eigenvalue weighted by Gasteiger charge is 2.30. The summed E-state index contributed by atoms with van der Waals surface area (Å²) in [5.74, 6) is 0.893. The summed E-state index contributed by atoms with van der Waals surface area (Å²) in [6, 6.07) is 16.9. The van der Waals surface area contributed by atoms with Gasteiger partial charge in [-0.2, -0.15) is 0 Å². The van der Waals surface area contributed by atoms with Crippen molar-refractivity contribution in [2.24, 2.45) is 0 Å². The first-order valence-corrected chi connectivity index (χ1v) is 11.4. The van der Waals surface area contributed by atoms with Gasteiger partial charge in [-0.25, -0.2) is 4.79 Å². The average molecular weight is 423 g/mol. The van der Waals surface area contributed by atoms with Crippen molar-refractivity contribution < 1.29 is 9.53 Å².